The van der Waals surface area contributed by atoms with Gasteiger partial charge >= 0.3 is 0 Å². The first-order valence-electron chi connectivity index (χ1n) is 13.2. The van der Waals surface area contributed by atoms with Crippen LogP contribution in [0.15, 0.2) is 114 Å². The number of alkyl halides is 1. The Hall–Kier alpha value is -4.36. The molecule has 0 aliphatic rings. The van der Waals surface area contributed by atoms with Gasteiger partial charge in [-0.3, -0.25) is 0 Å². The number of pyridine rings is 1. The Balaban J connectivity index is 1.25. The number of aromatic nitrogens is 3. The van der Waals surface area contributed by atoms with Crippen LogP contribution >= 0.6 is 34.3 Å². The molecule has 0 N–H and O–H groups in total. The second-order valence-corrected chi connectivity index (χ2v) is 12.2. The van der Waals surface area contributed by atoms with Gasteiger partial charge in [0.25, 0.3) is 0 Å². The van der Waals surface area contributed by atoms with Crippen molar-refractivity contribution in [1.29, 1.82) is 0 Å². The van der Waals surface area contributed by atoms with Gasteiger partial charge in [0.05, 0.1) is 16.5 Å². The van der Waals surface area contributed by atoms with E-state index < -0.39 is 0 Å². The van der Waals surface area contributed by atoms with E-state index in [0.29, 0.717) is 11.0 Å². The van der Waals surface area contributed by atoms with Crippen LogP contribution in [0, 0.1) is 0 Å². The molecule has 4 heterocycles. The molecule has 196 valence electrons. The highest BCUT2D eigenvalue weighted by atomic mass is 35.5. The highest BCUT2D eigenvalue weighted by Gasteiger charge is 2.23. The summed E-state index contributed by atoms with van der Waals surface area (Å²) < 4.78 is 5.31. The molecule has 4 nitrogen and oxygen atoms in total. The number of benzene rings is 4. The van der Waals surface area contributed by atoms with Crippen LogP contribution < -0.4 is 0 Å². The Bertz CT molecular complexity index is 2220. The Labute approximate surface area is 248 Å². The summed E-state index contributed by atoms with van der Waals surface area (Å²) in [6, 6.07) is 38.2. The third-order valence-electron chi connectivity index (χ3n) is 7.41. The maximum Gasteiger partial charge on any atom is 0.163 e. The molecule has 8 rings (SSSR count). The van der Waals surface area contributed by atoms with Crippen molar-refractivity contribution in [2.75, 3.05) is 0 Å². The largest absolute Gasteiger partial charge is 0.247 e. The van der Waals surface area contributed by atoms with Crippen LogP contribution in [0.25, 0.3) is 74.5 Å². The Morgan fingerprint density at radius 2 is 1.10 bits per heavy atom. The fourth-order valence-corrected chi connectivity index (χ4v) is 7.87. The van der Waals surface area contributed by atoms with Crippen LogP contribution in [0.3, 0.4) is 0 Å². The third kappa shape index (κ3) is 4.06. The minimum Gasteiger partial charge on any atom is -0.247 e. The van der Waals surface area contributed by atoms with Gasteiger partial charge in [-0.1, -0.05) is 84.9 Å². The van der Waals surface area contributed by atoms with Crippen molar-refractivity contribution >= 4 is 66.9 Å². The molecular formula is C34H20ClN3OS2. The predicted molar refractivity (Wildman–Crippen MR) is 172 cm³/mol. The molecule has 0 spiro atoms. The van der Waals surface area contributed by atoms with E-state index in [0.717, 1.165) is 31.6 Å². The monoisotopic (exact) mass is 585 g/mol. The zero-order valence-corrected chi connectivity index (χ0v) is 23.9. The van der Waals surface area contributed by atoms with E-state index in [2.05, 4.69) is 120 Å². The molecule has 4 aromatic carbocycles. The molecule has 8 aromatic rings. The predicted octanol–water partition coefficient (Wildman–Crippen LogP) is 10.5. The van der Waals surface area contributed by atoms with E-state index in [1.54, 1.807) is 22.7 Å². The molecule has 0 saturated carbocycles. The Kier molecular flexibility index (Phi) is 5.92. The molecule has 0 fully saturated rings. The number of halogens is 1. The van der Waals surface area contributed by atoms with Crippen molar-refractivity contribution in [2.24, 2.45) is 0 Å². The summed E-state index contributed by atoms with van der Waals surface area (Å²) in [4.78, 5) is 9.42. The van der Waals surface area contributed by atoms with Gasteiger partial charge < -0.3 is 0 Å². The van der Waals surface area contributed by atoms with Crippen molar-refractivity contribution in [3.8, 4) is 41.9 Å². The van der Waals surface area contributed by atoms with Crippen molar-refractivity contribution in [3.63, 3.8) is 0 Å². The van der Waals surface area contributed by atoms with E-state index in [4.69, 9.17) is 21.2 Å². The van der Waals surface area contributed by atoms with Gasteiger partial charge in [0.1, 0.15) is 11.2 Å². The molecular weight excluding hydrogens is 566 g/mol. The van der Waals surface area contributed by atoms with Crippen molar-refractivity contribution in [2.45, 2.75) is 5.88 Å². The lowest BCUT2D eigenvalue weighted by Crippen LogP contribution is -1.95. The SMILES string of the molecule is ClCc1nc(-c2ccc(-c3cccc4ccccc34)s2)c2nonc2c1-c1ccc(-c2cccc3ccccc23)s1. The van der Waals surface area contributed by atoms with E-state index in [-0.39, 0.29) is 5.88 Å². The van der Waals surface area contributed by atoms with Crippen LogP contribution in [-0.2, 0) is 5.88 Å². The molecule has 0 amide bonds. The maximum atomic E-state index is 6.54. The van der Waals surface area contributed by atoms with Gasteiger partial charge in [0.2, 0.25) is 0 Å². The molecule has 0 aliphatic carbocycles. The van der Waals surface area contributed by atoms with Crippen LogP contribution in [0.4, 0.5) is 0 Å². The average molecular weight is 586 g/mol. The first-order valence-corrected chi connectivity index (χ1v) is 15.3. The van der Waals surface area contributed by atoms with Gasteiger partial charge in [-0.05, 0) is 67.3 Å². The summed E-state index contributed by atoms with van der Waals surface area (Å²) in [6.45, 7) is 0. The fourth-order valence-electron chi connectivity index (χ4n) is 5.52. The molecule has 0 unspecified atom stereocenters. The van der Waals surface area contributed by atoms with Crippen LogP contribution in [-0.4, -0.2) is 15.3 Å². The number of thiophene rings is 2. The summed E-state index contributed by atoms with van der Waals surface area (Å²) in [5, 5.41) is 13.5. The smallest absolute Gasteiger partial charge is 0.163 e. The van der Waals surface area contributed by atoms with E-state index >= 15 is 0 Å². The maximum absolute atomic E-state index is 6.54. The highest BCUT2D eigenvalue weighted by Crippen LogP contribution is 2.44. The summed E-state index contributed by atoms with van der Waals surface area (Å²) in [5.41, 5.74) is 6.09. The summed E-state index contributed by atoms with van der Waals surface area (Å²) >= 11 is 9.93. The lowest BCUT2D eigenvalue weighted by molar-refractivity contribution is 0.315. The third-order valence-corrected chi connectivity index (χ3v) is 9.93. The summed E-state index contributed by atoms with van der Waals surface area (Å²) in [5.74, 6) is 0.244. The first kappa shape index (κ1) is 24.4. The van der Waals surface area contributed by atoms with Gasteiger partial charge in [0, 0.05) is 20.2 Å². The minimum atomic E-state index is 0.244. The van der Waals surface area contributed by atoms with Crippen molar-refractivity contribution in [3.05, 3.63) is 115 Å². The van der Waals surface area contributed by atoms with Gasteiger partial charge in [-0.25, -0.2) is 9.61 Å². The molecule has 0 atom stereocenters. The van der Waals surface area contributed by atoms with Gasteiger partial charge in [0.15, 0.2) is 5.52 Å². The van der Waals surface area contributed by atoms with Crippen LogP contribution in [0.1, 0.15) is 5.69 Å². The lowest BCUT2D eigenvalue weighted by Gasteiger charge is -2.08. The Morgan fingerprint density at radius 1 is 0.561 bits per heavy atom. The highest BCUT2D eigenvalue weighted by molar-refractivity contribution is 7.19. The molecule has 4 aromatic heterocycles. The second-order valence-electron chi connectivity index (χ2n) is 9.76. The number of nitrogens with zero attached hydrogens (tertiary/aromatic N) is 3. The fraction of sp³-hybridized carbons (Fsp3) is 0.0294. The molecule has 0 aliphatic heterocycles. The van der Waals surface area contributed by atoms with E-state index in [1.165, 1.54) is 37.5 Å². The Morgan fingerprint density at radius 3 is 1.76 bits per heavy atom. The van der Waals surface area contributed by atoms with Crippen molar-refractivity contribution in [1.82, 2.24) is 15.3 Å². The van der Waals surface area contributed by atoms with Crippen LogP contribution in [0.2, 0.25) is 0 Å². The summed E-state index contributed by atoms with van der Waals surface area (Å²) in [6.07, 6.45) is 0. The van der Waals surface area contributed by atoms with E-state index in [9.17, 15) is 0 Å². The number of hydrogen-bond acceptors (Lipinski definition) is 6. The topological polar surface area (TPSA) is 51.8 Å². The molecule has 41 heavy (non-hydrogen) atoms. The zero-order chi connectivity index (χ0) is 27.3. The van der Waals surface area contributed by atoms with E-state index in [1.807, 2.05) is 0 Å². The average Bonchev–Trinajstić information content (AvgIpc) is 3.81. The first-order chi connectivity index (χ1) is 20.3. The van der Waals surface area contributed by atoms with Crippen molar-refractivity contribution < 1.29 is 4.63 Å². The number of fused-ring (bicyclic) bond motifs is 3. The molecule has 0 radical (unpaired) electrons. The van der Waals surface area contributed by atoms with Crippen LogP contribution in [0.5, 0.6) is 0 Å². The quantitative estimate of drug-likeness (QED) is 0.188. The molecule has 7 heteroatoms. The summed E-state index contributed by atoms with van der Waals surface area (Å²) in [7, 11) is 0. The minimum absolute atomic E-state index is 0.244. The van der Waals surface area contributed by atoms with Gasteiger partial charge in [-0.2, -0.15) is 0 Å². The number of rotatable bonds is 5. The standard InChI is InChI=1S/C34H20ClN3OS2/c35-19-26-31(29-17-15-27(40-29)24-13-5-9-20-7-1-3-11-22(20)24)33-34(38-39-37-33)32(36-26)30-18-16-28(41-30)25-14-6-10-21-8-2-4-12-23(21)25/h1-18H,19H2. The molecule has 0 saturated heterocycles. The molecule has 0 bridgehead atoms. The second kappa shape index (κ2) is 9.93. The normalized spacial score (nSPS) is 11.6. The number of hydrogen-bond donors (Lipinski definition) is 0. The zero-order valence-electron chi connectivity index (χ0n) is 21.5. The van der Waals surface area contributed by atoms with Gasteiger partial charge in [-0.15, -0.1) is 34.3 Å². The lowest BCUT2D eigenvalue weighted by atomic mass is 10.0.